The topological polar surface area (TPSA) is 61.4 Å². The number of hydrogen-bond acceptors (Lipinski definition) is 2. The quantitative estimate of drug-likeness (QED) is 0.796. The van der Waals surface area contributed by atoms with Crippen molar-refractivity contribution >= 4 is 6.03 Å². The van der Waals surface area contributed by atoms with Crippen LogP contribution in [0.5, 0.6) is 0 Å². The highest BCUT2D eigenvalue weighted by atomic mass is 19.1. The monoisotopic (exact) mass is 346 g/mol. The van der Waals surface area contributed by atoms with Crippen molar-refractivity contribution in [1.29, 1.82) is 0 Å². The molecule has 0 saturated heterocycles. The largest absolute Gasteiger partial charge is 0.384 e. The third-order valence-electron chi connectivity index (χ3n) is 4.55. The van der Waals surface area contributed by atoms with E-state index in [4.69, 9.17) is 0 Å². The Bertz CT molecular complexity index is 775. The van der Waals surface area contributed by atoms with Gasteiger partial charge in [0.2, 0.25) is 0 Å². The van der Waals surface area contributed by atoms with E-state index in [0.29, 0.717) is 18.4 Å². The summed E-state index contributed by atoms with van der Waals surface area (Å²) in [7, 11) is 0. The first kappa shape index (κ1) is 17.4. The number of carbonyl (C=O) groups is 1. The van der Waals surface area contributed by atoms with E-state index in [2.05, 4.69) is 10.6 Å². The zero-order valence-corrected chi connectivity index (χ0v) is 13.9. The molecule has 2 aromatic carbocycles. The highest BCUT2D eigenvalue weighted by molar-refractivity contribution is 5.74. The van der Waals surface area contributed by atoms with Crippen molar-refractivity contribution in [2.45, 2.75) is 31.4 Å². The van der Waals surface area contributed by atoms with Crippen LogP contribution in [-0.4, -0.2) is 17.7 Å². The number of halogens is 2. The van der Waals surface area contributed by atoms with Gasteiger partial charge < -0.3 is 15.7 Å². The summed E-state index contributed by atoms with van der Waals surface area (Å²) in [6.07, 6.45) is 1.42. The molecule has 2 amide bonds. The zero-order chi connectivity index (χ0) is 18.0. The minimum absolute atomic E-state index is 0.0204. The summed E-state index contributed by atoms with van der Waals surface area (Å²) >= 11 is 0. The van der Waals surface area contributed by atoms with Crippen molar-refractivity contribution < 1.29 is 18.7 Å². The molecule has 2 atom stereocenters. The third-order valence-corrected chi connectivity index (χ3v) is 4.55. The average molecular weight is 346 g/mol. The molecular formula is C19H20F2N2O2. The Morgan fingerprint density at radius 1 is 1.20 bits per heavy atom. The number of benzene rings is 2. The van der Waals surface area contributed by atoms with Gasteiger partial charge >= 0.3 is 6.03 Å². The smallest absolute Gasteiger partial charge is 0.315 e. The molecule has 6 heteroatoms. The lowest BCUT2D eigenvalue weighted by molar-refractivity contribution is 0.0592. The van der Waals surface area contributed by atoms with Crippen LogP contribution in [0.1, 0.15) is 36.1 Å². The molecule has 4 nitrogen and oxygen atoms in total. The Balaban J connectivity index is 1.58. The predicted octanol–water partition coefficient (Wildman–Crippen LogP) is 3.16. The summed E-state index contributed by atoms with van der Waals surface area (Å²) in [5, 5.41) is 15.9. The molecule has 0 saturated carbocycles. The lowest BCUT2D eigenvalue weighted by Gasteiger charge is -2.25. The lowest BCUT2D eigenvalue weighted by Crippen LogP contribution is -2.44. The van der Waals surface area contributed by atoms with Crippen molar-refractivity contribution in [3.05, 3.63) is 70.8 Å². The molecule has 3 N–H and O–H groups in total. The van der Waals surface area contributed by atoms with Gasteiger partial charge in [0.1, 0.15) is 17.2 Å². The van der Waals surface area contributed by atoms with E-state index in [-0.39, 0.29) is 24.2 Å². The molecule has 0 fully saturated rings. The molecule has 2 unspecified atom stereocenters. The summed E-state index contributed by atoms with van der Waals surface area (Å²) in [6.45, 7) is 1.53. The van der Waals surface area contributed by atoms with Crippen LogP contribution in [0, 0.1) is 11.6 Å². The van der Waals surface area contributed by atoms with Crippen LogP contribution in [0.4, 0.5) is 13.6 Å². The van der Waals surface area contributed by atoms with Crippen molar-refractivity contribution in [2.75, 3.05) is 6.54 Å². The molecule has 0 aliphatic heterocycles. The van der Waals surface area contributed by atoms with Gasteiger partial charge in [-0.2, -0.15) is 0 Å². The number of aryl methyl sites for hydroxylation is 1. The van der Waals surface area contributed by atoms with Gasteiger partial charge in [0, 0.05) is 0 Å². The average Bonchev–Trinajstić information content (AvgIpc) is 2.95. The molecular weight excluding hydrogens is 326 g/mol. The van der Waals surface area contributed by atoms with Crippen molar-refractivity contribution in [2.24, 2.45) is 0 Å². The van der Waals surface area contributed by atoms with E-state index in [9.17, 15) is 18.7 Å². The Hall–Kier alpha value is -2.47. The van der Waals surface area contributed by atoms with Crippen LogP contribution >= 0.6 is 0 Å². The maximum Gasteiger partial charge on any atom is 0.315 e. The van der Waals surface area contributed by atoms with Gasteiger partial charge in [-0.15, -0.1) is 0 Å². The summed E-state index contributed by atoms with van der Waals surface area (Å²) in [5.74, 6) is -0.666. The molecule has 0 aromatic heterocycles. The molecule has 0 spiro atoms. The first-order chi connectivity index (χ1) is 11.8. The first-order valence-electron chi connectivity index (χ1n) is 8.16. The number of urea groups is 1. The number of amides is 2. The van der Waals surface area contributed by atoms with Gasteiger partial charge in [-0.25, -0.2) is 13.6 Å². The second kappa shape index (κ2) is 6.80. The van der Waals surface area contributed by atoms with E-state index >= 15 is 0 Å². The van der Waals surface area contributed by atoms with E-state index in [0.717, 1.165) is 11.1 Å². The third kappa shape index (κ3) is 3.96. The number of aliphatic hydroxyl groups is 1. The molecule has 132 valence electrons. The van der Waals surface area contributed by atoms with Gasteiger partial charge in [0.15, 0.2) is 0 Å². The van der Waals surface area contributed by atoms with E-state index in [1.807, 2.05) is 0 Å². The summed E-state index contributed by atoms with van der Waals surface area (Å²) < 4.78 is 26.2. The van der Waals surface area contributed by atoms with Gasteiger partial charge in [-0.3, -0.25) is 0 Å². The molecule has 2 aromatic rings. The fraction of sp³-hybridized carbons (Fsp3) is 0.316. The Kier molecular flexibility index (Phi) is 4.72. The van der Waals surface area contributed by atoms with Gasteiger partial charge in [0.25, 0.3) is 0 Å². The molecule has 25 heavy (non-hydrogen) atoms. The normalized spacial score (nSPS) is 18.3. The number of nitrogens with one attached hydrogen (secondary N) is 2. The van der Waals surface area contributed by atoms with E-state index < -0.39 is 11.6 Å². The van der Waals surface area contributed by atoms with Crippen molar-refractivity contribution in [3.63, 3.8) is 0 Å². The highest BCUT2D eigenvalue weighted by Gasteiger charge is 2.27. The maximum atomic E-state index is 13.2. The number of carbonyl (C=O) groups excluding carboxylic acids is 1. The van der Waals surface area contributed by atoms with Crippen LogP contribution in [-0.2, 0) is 12.0 Å². The van der Waals surface area contributed by atoms with Crippen LogP contribution in [0.2, 0.25) is 0 Å². The van der Waals surface area contributed by atoms with Crippen LogP contribution in [0.3, 0.4) is 0 Å². The van der Waals surface area contributed by atoms with Gasteiger partial charge in [-0.1, -0.05) is 18.2 Å². The minimum Gasteiger partial charge on any atom is -0.384 e. The fourth-order valence-corrected chi connectivity index (χ4v) is 3.11. The number of fused-ring (bicyclic) bond motifs is 1. The van der Waals surface area contributed by atoms with Crippen LogP contribution in [0.25, 0.3) is 0 Å². The van der Waals surface area contributed by atoms with E-state index in [1.54, 1.807) is 13.0 Å². The van der Waals surface area contributed by atoms with Crippen molar-refractivity contribution in [1.82, 2.24) is 10.6 Å². The van der Waals surface area contributed by atoms with Crippen LogP contribution in [0.15, 0.2) is 42.5 Å². The summed E-state index contributed by atoms with van der Waals surface area (Å²) in [5.41, 5.74) is 1.02. The molecule has 0 radical (unpaired) electrons. The summed E-state index contributed by atoms with van der Waals surface area (Å²) in [4.78, 5) is 12.1. The van der Waals surface area contributed by atoms with Gasteiger partial charge in [0.05, 0.1) is 12.6 Å². The molecule has 0 heterocycles. The first-order valence-corrected chi connectivity index (χ1v) is 8.16. The van der Waals surface area contributed by atoms with E-state index in [1.165, 1.54) is 36.4 Å². The minimum atomic E-state index is -1.32. The summed E-state index contributed by atoms with van der Waals surface area (Å²) in [6, 6.07) is 9.47. The predicted molar refractivity (Wildman–Crippen MR) is 90.0 cm³/mol. The zero-order valence-electron chi connectivity index (χ0n) is 13.9. The Morgan fingerprint density at radius 2 is 1.88 bits per heavy atom. The SMILES string of the molecule is CC(O)(CNC(=O)NC1CCc2cc(F)ccc21)c1ccc(F)cc1. The fourth-order valence-electron chi connectivity index (χ4n) is 3.11. The molecule has 3 rings (SSSR count). The second-order valence-electron chi connectivity index (χ2n) is 6.54. The standard InChI is InChI=1S/C19H20F2N2O2/c1-19(25,13-3-5-14(20)6-4-13)11-22-18(24)23-17-9-2-12-10-15(21)7-8-16(12)17/h3-8,10,17,25H,2,9,11H2,1H3,(H2,22,23,24). The lowest BCUT2D eigenvalue weighted by atomic mass is 9.96. The number of rotatable bonds is 4. The van der Waals surface area contributed by atoms with Crippen LogP contribution < -0.4 is 10.6 Å². The Morgan fingerprint density at radius 3 is 2.60 bits per heavy atom. The van der Waals surface area contributed by atoms with Crippen molar-refractivity contribution in [3.8, 4) is 0 Å². The molecule has 1 aliphatic carbocycles. The molecule has 0 bridgehead atoms. The second-order valence-corrected chi connectivity index (χ2v) is 6.54. The van der Waals surface area contributed by atoms with Gasteiger partial charge in [-0.05, 0) is 60.7 Å². The highest BCUT2D eigenvalue weighted by Crippen LogP contribution is 2.31. The number of hydrogen-bond donors (Lipinski definition) is 3. The maximum absolute atomic E-state index is 13.2. The molecule has 1 aliphatic rings. The Labute approximate surface area is 144 Å².